The monoisotopic (exact) mass is 609 g/mol. The van der Waals surface area contributed by atoms with Crippen LogP contribution in [0.25, 0.3) is 22.5 Å². The van der Waals surface area contributed by atoms with Gasteiger partial charge in [-0.1, -0.05) is 23.2 Å². The smallest absolute Gasteiger partial charge is 0.274 e. The summed E-state index contributed by atoms with van der Waals surface area (Å²) < 4.78 is 13.6. The Labute approximate surface area is 255 Å². The van der Waals surface area contributed by atoms with Gasteiger partial charge in [-0.3, -0.25) is 14.6 Å². The molecular weight excluding hydrogens is 577 g/mol. The summed E-state index contributed by atoms with van der Waals surface area (Å²) in [6.45, 7) is 12.8. The molecule has 1 aliphatic heterocycles. The van der Waals surface area contributed by atoms with Gasteiger partial charge < -0.3 is 19.7 Å². The Kier molecular flexibility index (Phi) is 8.84. The molecule has 0 fully saturated rings. The summed E-state index contributed by atoms with van der Waals surface area (Å²) in [4.78, 5) is 30.9. The van der Waals surface area contributed by atoms with Gasteiger partial charge in [0.1, 0.15) is 18.1 Å². The Hall–Kier alpha value is -4.08. The summed E-state index contributed by atoms with van der Waals surface area (Å²) in [7, 11) is 3.32. The maximum atomic E-state index is 13.8. The van der Waals surface area contributed by atoms with Gasteiger partial charge in [-0.05, 0) is 70.3 Å². The highest BCUT2D eigenvalue weighted by Crippen LogP contribution is 2.45. The highest BCUT2D eigenvalue weighted by atomic mass is 35.5. The fourth-order valence-electron chi connectivity index (χ4n) is 4.56. The quantitative estimate of drug-likeness (QED) is 0.237. The van der Waals surface area contributed by atoms with Crippen LogP contribution in [-0.2, 0) is 11.4 Å². The third kappa shape index (κ3) is 6.22. The summed E-state index contributed by atoms with van der Waals surface area (Å²) in [5.41, 5.74) is 4.36. The van der Waals surface area contributed by atoms with Crippen molar-refractivity contribution in [2.24, 2.45) is 4.99 Å². The molecule has 1 N–H and O–H groups in total. The van der Waals surface area contributed by atoms with Crippen LogP contribution in [0, 0.1) is 0 Å². The molecule has 4 rings (SSSR count). The minimum atomic E-state index is -0.442. The number of carbonyl (C=O) groups excluding carboxylic acids is 2. The molecule has 0 radical (unpaired) electrons. The van der Waals surface area contributed by atoms with Crippen molar-refractivity contribution in [3.8, 4) is 28.4 Å². The highest BCUT2D eigenvalue weighted by Gasteiger charge is 2.34. The summed E-state index contributed by atoms with van der Waals surface area (Å²) in [5.74, 6) is 0.620. The Morgan fingerprint density at radius 2 is 1.83 bits per heavy atom. The van der Waals surface area contributed by atoms with Crippen LogP contribution in [0.15, 0.2) is 53.3 Å². The first kappa shape index (κ1) is 30.9. The number of nitrogens with one attached hydrogen (secondary N) is 1. The number of carbonyl (C=O) groups is 2. The van der Waals surface area contributed by atoms with Crippen molar-refractivity contribution in [1.82, 2.24) is 20.0 Å². The van der Waals surface area contributed by atoms with E-state index >= 15 is 0 Å². The molecule has 1 aliphatic rings. The molecule has 0 atom stereocenters. The van der Waals surface area contributed by atoms with E-state index in [2.05, 4.69) is 17.0 Å². The Morgan fingerprint density at radius 1 is 1.17 bits per heavy atom. The minimum absolute atomic E-state index is 0.118. The van der Waals surface area contributed by atoms with Gasteiger partial charge in [-0.25, -0.2) is 4.68 Å². The first-order valence-corrected chi connectivity index (χ1v) is 13.8. The number of rotatable bonds is 7. The number of amides is 2. The number of ether oxygens (including phenoxy) is 2. The van der Waals surface area contributed by atoms with E-state index < -0.39 is 5.54 Å². The predicted molar refractivity (Wildman–Crippen MR) is 167 cm³/mol. The van der Waals surface area contributed by atoms with Gasteiger partial charge >= 0.3 is 0 Å². The van der Waals surface area contributed by atoms with Crippen molar-refractivity contribution < 1.29 is 19.1 Å². The van der Waals surface area contributed by atoms with Gasteiger partial charge in [-0.15, -0.1) is 0 Å². The summed E-state index contributed by atoms with van der Waals surface area (Å²) in [5, 5.41) is 8.40. The van der Waals surface area contributed by atoms with E-state index in [1.54, 1.807) is 54.1 Å². The Balaban J connectivity index is 2.00. The highest BCUT2D eigenvalue weighted by molar-refractivity contribution is 6.34. The van der Waals surface area contributed by atoms with E-state index in [0.29, 0.717) is 49.7 Å². The lowest BCUT2D eigenvalue weighted by Crippen LogP contribution is -2.43. The van der Waals surface area contributed by atoms with E-state index in [0.717, 1.165) is 11.1 Å². The van der Waals surface area contributed by atoms with Crippen LogP contribution in [0.2, 0.25) is 10.0 Å². The second kappa shape index (κ2) is 12.0. The molecule has 3 aromatic rings. The van der Waals surface area contributed by atoms with Gasteiger partial charge in [0.05, 0.1) is 24.2 Å². The molecule has 1 aromatic heterocycles. The van der Waals surface area contributed by atoms with Crippen LogP contribution in [0.3, 0.4) is 0 Å². The van der Waals surface area contributed by atoms with E-state index in [9.17, 15) is 9.59 Å². The van der Waals surface area contributed by atoms with Crippen molar-refractivity contribution >= 4 is 47.3 Å². The number of halogens is 2. The summed E-state index contributed by atoms with van der Waals surface area (Å²) in [6.07, 6.45) is 3.23. The molecule has 2 heterocycles. The standard InChI is InChI=1S/C31H33Cl2N5O4/c1-17(9-21(15-34-6)35-18(2)39)23-13-24-27(14-26(23)41-8)42-16-25-28(30(40)37(7)31(3,4)5)36-38(29(24)25)22-11-19(32)10-20(33)12-22/h9-15H,6,16H2,1-5,7-8H3,(H,35,39)/b17-9+,21-15+. The first-order valence-electron chi connectivity index (χ1n) is 13.1. The van der Waals surface area contributed by atoms with E-state index in [1.807, 2.05) is 33.8 Å². The van der Waals surface area contributed by atoms with Crippen molar-refractivity contribution in [2.75, 3.05) is 14.2 Å². The fourth-order valence-corrected chi connectivity index (χ4v) is 5.07. The number of allylic oxidation sites excluding steroid dienone is 2. The van der Waals surface area contributed by atoms with Gasteiger partial charge in [0.15, 0.2) is 5.69 Å². The lowest BCUT2D eigenvalue weighted by atomic mass is 9.95. The summed E-state index contributed by atoms with van der Waals surface area (Å²) >= 11 is 12.8. The molecule has 2 aromatic carbocycles. The molecule has 42 heavy (non-hydrogen) atoms. The minimum Gasteiger partial charge on any atom is -0.496 e. The molecule has 11 heteroatoms. The zero-order chi connectivity index (χ0) is 30.9. The van der Waals surface area contributed by atoms with E-state index in [1.165, 1.54) is 13.1 Å². The molecule has 220 valence electrons. The number of hydrogen-bond donors (Lipinski definition) is 1. The zero-order valence-electron chi connectivity index (χ0n) is 24.6. The average Bonchev–Trinajstić information content (AvgIpc) is 3.30. The van der Waals surface area contributed by atoms with Crippen LogP contribution in [0.5, 0.6) is 11.5 Å². The number of hydrogen-bond acceptors (Lipinski definition) is 6. The normalized spacial score (nSPS) is 13.1. The van der Waals surface area contributed by atoms with E-state index in [-0.39, 0.29) is 24.1 Å². The first-order chi connectivity index (χ1) is 19.7. The molecule has 0 aliphatic carbocycles. The lowest BCUT2D eigenvalue weighted by molar-refractivity contribution is -0.118. The Morgan fingerprint density at radius 3 is 2.40 bits per heavy atom. The van der Waals surface area contributed by atoms with E-state index in [4.69, 9.17) is 37.8 Å². The van der Waals surface area contributed by atoms with Crippen LogP contribution in [-0.4, -0.2) is 52.9 Å². The molecule has 0 saturated heterocycles. The lowest BCUT2D eigenvalue weighted by Gasteiger charge is -2.31. The molecule has 0 bridgehead atoms. The van der Waals surface area contributed by atoms with Crippen molar-refractivity contribution in [2.45, 2.75) is 46.8 Å². The van der Waals surface area contributed by atoms with Gasteiger partial charge in [-0.2, -0.15) is 5.10 Å². The molecule has 9 nitrogen and oxygen atoms in total. The third-order valence-corrected chi connectivity index (χ3v) is 7.30. The van der Waals surface area contributed by atoms with Crippen LogP contribution in [0.1, 0.15) is 56.2 Å². The molecule has 0 spiro atoms. The second-order valence-electron chi connectivity index (χ2n) is 10.9. The number of methoxy groups -OCH3 is 1. The number of fused-ring (bicyclic) bond motifs is 3. The second-order valence-corrected chi connectivity index (χ2v) is 11.7. The SMILES string of the molecule is C=N/C=C(\C=C(/C)c1cc2c(cc1OC)OCc1c(C(=O)N(C)C(C)(C)C)nn(-c3cc(Cl)cc(Cl)c3)c1-2)NC(C)=O. The fraction of sp³-hybridized carbons (Fsp3) is 0.290. The molecule has 0 unspecified atom stereocenters. The maximum absolute atomic E-state index is 13.8. The maximum Gasteiger partial charge on any atom is 0.274 e. The number of benzene rings is 2. The van der Waals surface area contributed by atoms with Crippen LogP contribution >= 0.6 is 23.2 Å². The van der Waals surface area contributed by atoms with Gasteiger partial charge in [0.25, 0.3) is 5.91 Å². The van der Waals surface area contributed by atoms with Crippen LogP contribution < -0.4 is 14.8 Å². The molecule has 0 saturated carbocycles. The van der Waals surface area contributed by atoms with Crippen molar-refractivity contribution in [3.63, 3.8) is 0 Å². The summed E-state index contributed by atoms with van der Waals surface area (Å²) in [6, 6.07) is 8.81. The average molecular weight is 611 g/mol. The van der Waals surface area contributed by atoms with Gasteiger partial charge in [0.2, 0.25) is 5.91 Å². The predicted octanol–water partition coefficient (Wildman–Crippen LogP) is 6.70. The Bertz CT molecular complexity index is 1630. The topological polar surface area (TPSA) is 98.1 Å². The molecule has 2 amide bonds. The molecular formula is C31H33Cl2N5O4. The van der Waals surface area contributed by atoms with Crippen molar-refractivity contribution in [1.29, 1.82) is 0 Å². The largest absolute Gasteiger partial charge is 0.496 e. The van der Waals surface area contributed by atoms with Gasteiger partial charge in [0, 0.05) is 58.5 Å². The third-order valence-electron chi connectivity index (χ3n) is 6.87. The van der Waals surface area contributed by atoms with Crippen LogP contribution in [0.4, 0.5) is 0 Å². The zero-order valence-corrected chi connectivity index (χ0v) is 26.1. The number of nitrogens with zero attached hydrogens (tertiary/aromatic N) is 4. The van der Waals surface area contributed by atoms with Crippen molar-refractivity contribution in [3.05, 3.63) is 75.2 Å². The number of aromatic nitrogens is 2. The number of aliphatic imine (C=N–C) groups is 1.